The van der Waals surface area contributed by atoms with Crippen molar-refractivity contribution in [2.75, 3.05) is 18.0 Å². The smallest absolute Gasteiger partial charge is 0.129 e. The number of aromatic nitrogens is 1. The van der Waals surface area contributed by atoms with Crippen molar-refractivity contribution in [1.82, 2.24) is 4.98 Å². The number of aliphatic hydroxyl groups is 1. The molecule has 1 aromatic rings. The van der Waals surface area contributed by atoms with Crippen LogP contribution in [0.4, 0.5) is 5.82 Å². The van der Waals surface area contributed by atoms with Crippen LogP contribution in [0.1, 0.15) is 31.5 Å². The Morgan fingerprint density at radius 2 is 2.12 bits per heavy atom. The summed E-state index contributed by atoms with van der Waals surface area (Å²) in [5.74, 6) is 2.53. The Morgan fingerprint density at radius 3 is 2.76 bits per heavy atom. The minimum atomic E-state index is 0.0934. The second kappa shape index (κ2) is 5.05. The van der Waals surface area contributed by atoms with Gasteiger partial charge in [0.1, 0.15) is 5.82 Å². The Morgan fingerprint density at radius 1 is 1.35 bits per heavy atom. The molecule has 1 N–H and O–H groups in total. The number of aryl methyl sites for hydroxylation is 1. The first-order valence-electron chi connectivity index (χ1n) is 6.43. The lowest BCUT2D eigenvalue weighted by Crippen LogP contribution is -2.39. The molecular formula is C14H22N2O. The minimum absolute atomic E-state index is 0.0934. The minimum Gasteiger partial charge on any atom is -0.392 e. The number of anilines is 1. The fraction of sp³-hybridized carbons (Fsp3) is 0.643. The zero-order valence-electron chi connectivity index (χ0n) is 11.0. The molecule has 0 aliphatic carbocycles. The summed E-state index contributed by atoms with van der Waals surface area (Å²) < 4.78 is 0. The molecule has 2 atom stereocenters. The molecule has 2 unspecified atom stereocenters. The van der Waals surface area contributed by atoms with Crippen molar-refractivity contribution in [3.05, 3.63) is 23.4 Å². The molecule has 2 rings (SSSR count). The first-order chi connectivity index (χ1) is 8.10. The molecule has 1 saturated heterocycles. The van der Waals surface area contributed by atoms with Gasteiger partial charge in [-0.25, -0.2) is 4.98 Å². The van der Waals surface area contributed by atoms with Gasteiger partial charge in [-0.15, -0.1) is 0 Å². The summed E-state index contributed by atoms with van der Waals surface area (Å²) in [7, 11) is 0. The van der Waals surface area contributed by atoms with Gasteiger partial charge < -0.3 is 10.0 Å². The van der Waals surface area contributed by atoms with Crippen molar-refractivity contribution in [2.45, 2.75) is 33.8 Å². The van der Waals surface area contributed by atoms with Gasteiger partial charge in [0.15, 0.2) is 0 Å². The molecule has 1 fully saturated rings. The van der Waals surface area contributed by atoms with Crippen LogP contribution in [0, 0.1) is 18.8 Å². The van der Waals surface area contributed by atoms with Gasteiger partial charge >= 0.3 is 0 Å². The van der Waals surface area contributed by atoms with E-state index in [-0.39, 0.29) is 6.61 Å². The maximum atomic E-state index is 9.23. The lowest BCUT2D eigenvalue weighted by atomic mass is 9.89. The van der Waals surface area contributed by atoms with Crippen molar-refractivity contribution in [3.63, 3.8) is 0 Å². The molecule has 0 spiro atoms. The molecule has 0 amide bonds. The number of nitrogens with zero attached hydrogens (tertiary/aromatic N) is 2. The van der Waals surface area contributed by atoms with E-state index in [2.05, 4.69) is 23.7 Å². The highest BCUT2D eigenvalue weighted by molar-refractivity contribution is 5.43. The summed E-state index contributed by atoms with van der Waals surface area (Å²) in [4.78, 5) is 6.92. The largest absolute Gasteiger partial charge is 0.392 e. The summed E-state index contributed by atoms with van der Waals surface area (Å²) in [6.45, 7) is 8.86. The highest BCUT2D eigenvalue weighted by Crippen LogP contribution is 2.26. The standard InChI is InChI=1S/C14H22N2O/c1-10-4-5-16(8-11(10)2)14-7-13(9-17)6-12(3)15-14/h6-7,10-11,17H,4-5,8-9H2,1-3H3. The first-order valence-corrected chi connectivity index (χ1v) is 6.43. The summed E-state index contributed by atoms with van der Waals surface area (Å²) in [5, 5.41) is 9.23. The molecule has 1 aliphatic heterocycles. The topological polar surface area (TPSA) is 36.4 Å². The van der Waals surface area contributed by atoms with Crippen LogP contribution in [0.25, 0.3) is 0 Å². The number of hydrogen-bond donors (Lipinski definition) is 1. The second-order valence-electron chi connectivity index (χ2n) is 5.32. The van der Waals surface area contributed by atoms with Crippen molar-refractivity contribution >= 4 is 5.82 Å². The van der Waals surface area contributed by atoms with E-state index in [1.54, 1.807) is 0 Å². The highest BCUT2D eigenvalue weighted by atomic mass is 16.3. The average Bonchev–Trinajstić information content (AvgIpc) is 2.32. The van der Waals surface area contributed by atoms with E-state index in [1.807, 2.05) is 19.1 Å². The highest BCUT2D eigenvalue weighted by Gasteiger charge is 2.23. The molecule has 3 nitrogen and oxygen atoms in total. The third-order valence-corrected chi connectivity index (χ3v) is 3.84. The second-order valence-corrected chi connectivity index (χ2v) is 5.32. The van der Waals surface area contributed by atoms with E-state index in [1.165, 1.54) is 6.42 Å². The van der Waals surface area contributed by atoms with Gasteiger partial charge in [-0.3, -0.25) is 0 Å². The molecule has 0 radical (unpaired) electrons. The van der Waals surface area contributed by atoms with Gasteiger partial charge in [0.2, 0.25) is 0 Å². The quantitative estimate of drug-likeness (QED) is 0.853. The summed E-state index contributed by atoms with van der Waals surface area (Å²) in [6.07, 6.45) is 1.23. The molecule has 1 aliphatic rings. The van der Waals surface area contributed by atoms with Gasteiger partial charge in [-0.2, -0.15) is 0 Å². The number of hydrogen-bond acceptors (Lipinski definition) is 3. The maximum absolute atomic E-state index is 9.23. The van der Waals surface area contributed by atoms with Crippen LogP contribution in [-0.2, 0) is 6.61 Å². The fourth-order valence-corrected chi connectivity index (χ4v) is 2.45. The lowest BCUT2D eigenvalue weighted by molar-refractivity contribution is 0.281. The molecule has 0 saturated carbocycles. The third-order valence-electron chi connectivity index (χ3n) is 3.84. The SMILES string of the molecule is Cc1cc(CO)cc(N2CCC(C)C(C)C2)n1. The van der Waals surface area contributed by atoms with Crippen molar-refractivity contribution in [2.24, 2.45) is 11.8 Å². The average molecular weight is 234 g/mol. The number of aliphatic hydroxyl groups excluding tert-OH is 1. The molecular weight excluding hydrogens is 212 g/mol. The number of piperidine rings is 1. The van der Waals surface area contributed by atoms with E-state index in [4.69, 9.17) is 0 Å². The molecule has 2 heterocycles. The van der Waals surface area contributed by atoms with Crippen LogP contribution in [0.2, 0.25) is 0 Å². The molecule has 94 valence electrons. The summed E-state index contributed by atoms with van der Waals surface area (Å²) in [5.41, 5.74) is 1.94. The van der Waals surface area contributed by atoms with Crippen LogP contribution in [-0.4, -0.2) is 23.2 Å². The van der Waals surface area contributed by atoms with Crippen molar-refractivity contribution < 1.29 is 5.11 Å². The van der Waals surface area contributed by atoms with Gasteiger partial charge in [0, 0.05) is 18.8 Å². The van der Waals surface area contributed by atoms with Gasteiger partial charge in [-0.1, -0.05) is 13.8 Å². The van der Waals surface area contributed by atoms with Crippen molar-refractivity contribution in [3.8, 4) is 0 Å². The van der Waals surface area contributed by atoms with E-state index >= 15 is 0 Å². The van der Waals surface area contributed by atoms with Gasteiger partial charge in [-0.05, 0) is 42.9 Å². The summed E-state index contributed by atoms with van der Waals surface area (Å²) in [6, 6.07) is 3.95. The molecule has 17 heavy (non-hydrogen) atoms. The summed E-state index contributed by atoms with van der Waals surface area (Å²) >= 11 is 0. The predicted octanol–water partition coefficient (Wildman–Crippen LogP) is 2.36. The lowest BCUT2D eigenvalue weighted by Gasteiger charge is -2.36. The molecule has 3 heteroatoms. The van der Waals surface area contributed by atoms with Crippen LogP contribution in [0.15, 0.2) is 12.1 Å². The zero-order valence-corrected chi connectivity index (χ0v) is 11.0. The number of rotatable bonds is 2. The predicted molar refractivity (Wildman–Crippen MR) is 70.1 cm³/mol. The van der Waals surface area contributed by atoms with Crippen LogP contribution < -0.4 is 4.90 Å². The molecule has 0 aromatic carbocycles. The van der Waals surface area contributed by atoms with Crippen LogP contribution in [0.5, 0.6) is 0 Å². The maximum Gasteiger partial charge on any atom is 0.129 e. The van der Waals surface area contributed by atoms with E-state index in [0.29, 0.717) is 5.92 Å². The zero-order chi connectivity index (χ0) is 12.4. The monoisotopic (exact) mass is 234 g/mol. The van der Waals surface area contributed by atoms with Crippen LogP contribution >= 0.6 is 0 Å². The molecule has 1 aromatic heterocycles. The Bertz CT molecular complexity index is 392. The Balaban J connectivity index is 2.19. The molecule has 0 bridgehead atoms. The normalized spacial score (nSPS) is 25.1. The van der Waals surface area contributed by atoms with E-state index in [9.17, 15) is 5.11 Å². The van der Waals surface area contributed by atoms with E-state index < -0.39 is 0 Å². The Hall–Kier alpha value is -1.09. The first kappa shape index (κ1) is 12.4. The fourth-order valence-electron chi connectivity index (χ4n) is 2.45. The van der Waals surface area contributed by atoms with Crippen LogP contribution in [0.3, 0.4) is 0 Å². The van der Waals surface area contributed by atoms with Crippen molar-refractivity contribution in [1.29, 1.82) is 0 Å². The third kappa shape index (κ3) is 2.78. The Kier molecular flexibility index (Phi) is 3.67. The Labute approximate surface area is 103 Å². The van der Waals surface area contributed by atoms with Gasteiger partial charge in [0.05, 0.1) is 6.61 Å². The number of pyridine rings is 1. The van der Waals surface area contributed by atoms with Gasteiger partial charge in [0.25, 0.3) is 0 Å². The van der Waals surface area contributed by atoms with E-state index in [0.717, 1.165) is 36.1 Å².